The molecule has 16 heavy (non-hydrogen) atoms. The van der Waals surface area contributed by atoms with Crippen molar-refractivity contribution < 1.29 is 14.6 Å². The Kier molecular flexibility index (Phi) is 3.68. The molecule has 1 aromatic rings. The van der Waals surface area contributed by atoms with Crippen molar-refractivity contribution in [3.05, 3.63) is 42.5 Å². The predicted octanol–water partition coefficient (Wildman–Crippen LogP) is 1.51. The molecule has 0 amide bonds. The molecule has 0 aromatic heterocycles. The predicted molar refractivity (Wildman–Crippen MR) is 61.3 cm³/mol. The quantitative estimate of drug-likeness (QED) is 0.739. The van der Waals surface area contributed by atoms with Gasteiger partial charge >= 0.3 is 5.97 Å². The molecule has 0 aliphatic heterocycles. The Labute approximate surface area is 94.3 Å². The van der Waals surface area contributed by atoms with Crippen molar-refractivity contribution in [2.24, 2.45) is 5.73 Å². The first-order chi connectivity index (χ1) is 7.48. The van der Waals surface area contributed by atoms with Gasteiger partial charge in [-0.1, -0.05) is 24.8 Å². The number of nitrogens with two attached hydrogens (primary N) is 1. The van der Waals surface area contributed by atoms with Crippen LogP contribution in [-0.4, -0.2) is 17.7 Å². The van der Waals surface area contributed by atoms with Crippen LogP contribution in [-0.2, 0) is 10.3 Å². The van der Waals surface area contributed by atoms with Crippen LogP contribution in [0.1, 0.15) is 12.5 Å². The highest BCUT2D eigenvalue weighted by Gasteiger charge is 2.29. The smallest absolute Gasteiger partial charge is 0.328 e. The van der Waals surface area contributed by atoms with E-state index in [1.165, 1.54) is 6.92 Å². The number of hydrogen-bond acceptors (Lipinski definition) is 3. The fourth-order valence-corrected chi connectivity index (χ4v) is 1.18. The summed E-state index contributed by atoms with van der Waals surface area (Å²) < 4.78 is 5.28. The minimum absolute atomic E-state index is 0.415. The van der Waals surface area contributed by atoms with Crippen LogP contribution in [0.3, 0.4) is 0 Å². The third-order valence-electron chi connectivity index (χ3n) is 2.27. The summed E-state index contributed by atoms with van der Waals surface area (Å²) in [4.78, 5) is 10.9. The first-order valence-electron chi connectivity index (χ1n) is 4.85. The monoisotopic (exact) mass is 221 g/mol. The van der Waals surface area contributed by atoms with Crippen LogP contribution in [0.15, 0.2) is 36.9 Å². The van der Waals surface area contributed by atoms with Gasteiger partial charge in [-0.2, -0.15) is 0 Å². The first-order valence-corrected chi connectivity index (χ1v) is 4.85. The Balaban J connectivity index is 2.86. The average molecular weight is 221 g/mol. The van der Waals surface area contributed by atoms with E-state index >= 15 is 0 Å². The number of ether oxygens (including phenoxy) is 1. The third kappa shape index (κ3) is 2.61. The number of aliphatic carboxylic acids is 1. The van der Waals surface area contributed by atoms with Gasteiger partial charge in [-0.3, -0.25) is 0 Å². The molecule has 0 aliphatic carbocycles. The highest BCUT2D eigenvalue weighted by Crippen LogP contribution is 2.21. The van der Waals surface area contributed by atoms with Crippen molar-refractivity contribution in [2.45, 2.75) is 12.5 Å². The van der Waals surface area contributed by atoms with Gasteiger partial charge in [0, 0.05) is 0 Å². The zero-order chi connectivity index (χ0) is 12.2. The van der Waals surface area contributed by atoms with Gasteiger partial charge in [0.15, 0.2) is 0 Å². The number of rotatable bonds is 5. The van der Waals surface area contributed by atoms with Crippen LogP contribution in [0.2, 0.25) is 0 Å². The van der Waals surface area contributed by atoms with E-state index in [0.717, 1.165) is 0 Å². The number of carboxylic acid groups (broad SMARTS) is 1. The molecule has 4 nitrogen and oxygen atoms in total. The van der Waals surface area contributed by atoms with E-state index in [-0.39, 0.29) is 0 Å². The van der Waals surface area contributed by atoms with Crippen molar-refractivity contribution in [1.82, 2.24) is 0 Å². The highest BCUT2D eigenvalue weighted by atomic mass is 16.5. The fraction of sp³-hybridized carbons (Fsp3) is 0.250. The molecule has 0 radical (unpaired) electrons. The Bertz CT molecular complexity index is 382. The summed E-state index contributed by atoms with van der Waals surface area (Å²) in [6.07, 6.45) is 1.64. The molecule has 4 heteroatoms. The molecule has 1 aromatic carbocycles. The molecule has 0 aliphatic rings. The molecular weight excluding hydrogens is 206 g/mol. The maximum Gasteiger partial charge on any atom is 0.328 e. The lowest BCUT2D eigenvalue weighted by atomic mass is 9.93. The SMILES string of the molecule is C=CCOc1ccc(C(C)(N)C(=O)O)cc1. The molecule has 0 fully saturated rings. The molecule has 0 bridgehead atoms. The zero-order valence-corrected chi connectivity index (χ0v) is 9.14. The Hall–Kier alpha value is -1.81. The van der Waals surface area contributed by atoms with Crippen LogP contribution in [0.5, 0.6) is 5.75 Å². The van der Waals surface area contributed by atoms with Crippen molar-refractivity contribution >= 4 is 5.97 Å². The van der Waals surface area contributed by atoms with Crippen LogP contribution < -0.4 is 10.5 Å². The van der Waals surface area contributed by atoms with Crippen molar-refractivity contribution in [2.75, 3.05) is 6.61 Å². The topological polar surface area (TPSA) is 72.5 Å². The second kappa shape index (κ2) is 4.81. The van der Waals surface area contributed by atoms with Crippen LogP contribution in [0.25, 0.3) is 0 Å². The average Bonchev–Trinajstić information content (AvgIpc) is 2.26. The van der Waals surface area contributed by atoms with Gasteiger partial charge in [-0.15, -0.1) is 0 Å². The van der Waals surface area contributed by atoms with Crippen molar-refractivity contribution in [3.63, 3.8) is 0 Å². The molecule has 0 saturated heterocycles. The summed E-state index contributed by atoms with van der Waals surface area (Å²) >= 11 is 0. The molecule has 1 rings (SSSR count). The van der Waals surface area contributed by atoms with E-state index in [4.69, 9.17) is 15.6 Å². The largest absolute Gasteiger partial charge is 0.490 e. The van der Waals surface area contributed by atoms with Crippen LogP contribution >= 0.6 is 0 Å². The summed E-state index contributed by atoms with van der Waals surface area (Å²) in [7, 11) is 0. The Morgan fingerprint density at radius 3 is 2.56 bits per heavy atom. The summed E-state index contributed by atoms with van der Waals surface area (Å²) in [5, 5.41) is 8.94. The molecule has 1 unspecified atom stereocenters. The normalized spacial score (nSPS) is 13.9. The summed E-state index contributed by atoms with van der Waals surface area (Å²) in [5.41, 5.74) is 4.83. The number of hydrogen-bond donors (Lipinski definition) is 2. The maximum atomic E-state index is 10.9. The summed E-state index contributed by atoms with van der Waals surface area (Å²) in [5.74, 6) is -0.405. The highest BCUT2D eigenvalue weighted by molar-refractivity contribution is 5.79. The van der Waals surface area contributed by atoms with E-state index < -0.39 is 11.5 Å². The molecule has 1 atom stereocenters. The molecule has 0 heterocycles. The molecule has 0 spiro atoms. The van der Waals surface area contributed by atoms with Crippen LogP contribution in [0, 0.1) is 0 Å². The second-order valence-corrected chi connectivity index (χ2v) is 3.63. The van der Waals surface area contributed by atoms with E-state index in [0.29, 0.717) is 17.9 Å². The Morgan fingerprint density at radius 1 is 1.56 bits per heavy atom. The van der Waals surface area contributed by atoms with Gasteiger partial charge < -0.3 is 15.6 Å². The molecule has 0 saturated carbocycles. The zero-order valence-electron chi connectivity index (χ0n) is 9.14. The van der Waals surface area contributed by atoms with Gasteiger partial charge in [-0.05, 0) is 24.6 Å². The minimum atomic E-state index is -1.38. The van der Waals surface area contributed by atoms with E-state index in [1.807, 2.05) is 0 Å². The number of benzene rings is 1. The van der Waals surface area contributed by atoms with Crippen molar-refractivity contribution in [1.29, 1.82) is 0 Å². The number of carbonyl (C=O) groups is 1. The van der Waals surface area contributed by atoms with Gasteiger partial charge in [0.25, 0.3) is 0 Å². The first kappa shape index (κ1) is 12.3. The summed E-state index contributed by atoms with van der Waals surface area (Å²) in [6, 6.07) is 6.67. The number of carboxylic acids is 1. The van der Waals surface area contributed by atoms with Gasteiger partial charge in [-0.25, -0.2) is 4.79 Å². The summed E-state index contributed by atoms with van der Waals surface area (Å²) in [6.45, 7) is 5.40. The molecule has 86 valence electrons. The standard InChI is InChI=1S/C12H15NO3/c1-3-8-16-10-6-4-9(5-7-10)12(2,13)11(14)15/h3-7H,1,8,13H2,2H3,(H,14,15). The van der Waals surface area contributed by atoms with E-state index in [9.17, 15) is 4.79 Å². The minimum Gasteiger partial charge on any atom is -0.490 e. The lowest BCUT2D eigenvalue weighted by Crippen LogP contribution is -2.41. The lowest BCUT2D eigenvalue weighted by molar-refractivity contribution is -0.143. The maximum absolute atomic E-state index is 10.9. The van der Waals surface area contributed by atoms with Gasteiger partial charge in [0.1, 0.15) is 17.9 Å². The third-order valence-corrected chi connectivity index (χ3v) is 2.27. The molecular formula is C12H15NO3. The lowest BCUT2D eigenvalue weighted by Gasteiger charge is -2.19. The second-order valence-electron chi connectivity index (χ2n) is 3.63. The van der Waals surface area contributed by atoms with E-state index in [2.05, 4.69) is 6.58 Å². The van der Waals surface area contributed by atoms with Gasteiger partial charge in [0.05, 0.1) is 0 Å². The Morgan fingerprint density at radius 2 is 2.12 bits per heavy atom. The molecule has 3 N–H and O–H groups in total. The van der Waals surface area contributed by atoms with E-state index in [1.54, 1.807) is 30.3 Å². The van der Waals surface area contributed by atoms with Crippen LogP contribution in [0.4, 0.5) is 0 Å². The van der Waals surface area contributed by atoms with Crippen molar-refractivity contribution in [3.8, 4) is 5.75 Å². The van der Waals surface area contributed by atoms with Gasteiger partial charge in [0.2, 0.25) is 0 Å². The fourth-order valence-electron chi connectivity index (χ4n) is 1.18.